The molecule has 1 aromatic heterocycles. The van der Waals surface area contributed by atoms with Gasteiger partial charge in [0.25, 0.3) is 5.91 Å². The average molecular weight is 403 g/mol. The van der Waals surface area contributed by atoms with Crippen molar-refractivity contribution in [2.75, 3.05) is 36.8 Å². The lowest BCUT2D eigenvalue weighted by Gasteiger charge is -2.35. The molecule has 1 aliphatic rings. The second-order valence-corrected chi connectivity index (χ2v) is 7.22. The van der Waals surface area contributed by atoms with Crippen LogP contribution >= 0.6 is 0 Å². The molecule has 1 saturated heterocycles. The molecule has 154 valence electrons. The van der Waals surface area contributed by atoms with Gasteiger partial charge in [0.2, 0.25) is 0 Å². The molecule has 7 heteroatoms. The maximum Gasteiger partial charge on any atom is 0.253 e. The summed E-state index contributed by atoms with van der Waals surface area (Å²) in [6.07, 6.45) is 0.999. The summed E-state index contributed by atoms with van der Waals surface area (Å²) in [5.74, 6) is 2.70. The molecule has 0 atom stereocenters. The van der Waals surface area contributed by atoms with Gasteiger partial charge >= 0.3 is 0 Å². The van der Waals surface area contributed by atoms with Gasteiger partial charge in [-0.2, -0.15) is 0 Å². The second-order valence-electron chi connectivity index (χ2n) is 7.22. The number of aromatic nitrogens is 2. The van der Waals surface area contributed by atoms with Gasteiger partial charge in [0, 0.05) is 31.7 Å². The Morgan fingerprint density at radius 3 is 2.10 bits per heavy atom. The Morgan fingerprint density at radius 2 is 1.53 bits per heavy atom. The number of anilines is 2. The van der Waals surface area contributed by atoms with Crippen LogP contribution in [0.5, 0.6) is 11.5 Å². The Hall–Kier alpha value is -3.61. The standard InChI is InChI=1S/C23H25N5O2/c1-2-17-3-7-19(8-4-17)30-20-9-5-18(6-10-20)23(29)28-15-13-27(14-16-28)22-12-11-21(24)25-26-22/h3-12H,2,13-16H2,1H3,(H2,24,25). The van der Waals surface area contributed by atoms with Crippen LogP contribution in [0.3, 0.4) is 0 Å². The number of hydrogen-bond acceptors (Lipinski definition) is 6. The summed E-state index contributed by atoms with van der Waals surface area (Å²) in [6, 6.07) is 18.9. The quantitative estimate of drug-likeness (QED) is 0.703. The zero-order valence-electron chi connectivity index (χ0n) is 17.0. The minimum atomic E-state index is 0.0249. The molecule has 0 aliphatic carbocycles. The van der Waals surface area contributed by atoms with E-state index in [2.05, 4.69) is 34.2 Å². The summed E-state index contributed by atoms with van der Waals surface area (Å²) in [6.45, 7) is 4.80. The highest BCUT2D eigenvalue weighted by Gasteiger charge is 2.23. The van der Waals surface area contributed by atoms with Gasteiger partial charge in [-0.3, -0.25) is 4.79 Å². The molecule has 7 nitrogen and oxygen atoms in total. The number of nitrogens with zero attached hydrogens (tertiary/aromatic N) is 4. The van der Waals surface area contributed by atoms with E-state index in [-0.39, 0.29) is 5.91 Å². The minimum absolute atomic E-state index is 0.0249. The zero-order chi connectivity index (χ0) is 20.9. The van der Waals surface area contributed by atoms with Crippen molar-refractivity contribution in [3.8, 4) is 11.5 Å². The van der Waals surface area contributed by atoms with Crippen molar-refractivity contribution in [2.24, 2.45) is 0 Å². The number of nitrogen functional groups attached to an aromatic ring is 1. The van der Waals surface area contributed by atoms with Crippen LogP contribution < -0.4 is 15.4 Å². The Balaban J connectivity index is 1.34. The van der Waals surface area contributed by atoms with Crippen LogP contribution in [-0.4, -0.2) is 47.2 Å². The number of carbonyl (C=O) groups excluding carboxylic acids is 1. The number of amides is 1. The van der Waals surface area contributed by atoms with Crippen LogP contribution in [0.1, 0.15) is 22.8 Å². The lowest BCUT2D eigenvalue weighted by molar-refractivity contribution is 0.0746. The number of hydrogen-bond donors (Lipinski definition) is 1. The normalized spacial score (nSPS) is 13.9. The lowest BCUT2D eigenvalue weighted by Crippen LogP contribution is -2.49. The van der Waals surface area contributed by atoms with Crippen molar-refractivity contribution in [2.45, 2.75) is 13.3 Å². The van der Waals surface area contributed by atoms with Gasteiger partial charge < -0.3 is 20.3 Å². The van der Waals surface area contributed by atoms with Gasteiger partial charge in [0.15, 0.2) is 5.82 Å². The van der Waals surface area contributed by atoms with E-state index >= 15 is 0 Å². The third-order valence-electron chi connectivity index (χ3n) is 5.23. The highest BCUT2D eigenvalue weighted by atomic mass is 16.5. The number of nitrogens with two attached hydrogens (primary N) is 1. The van der Waals surface area contributed by atoms with E-state index in [1.807, 2.05) is 47.4 Å². The molecule has 4 rings (SSSR count). The van der Waals surface area contributed by atoms with Crippen LogP contribution in [0.2, 0.25) is 0 Å². The van der Waals surface area contributed by atoms with Crippen LogP contribution in [0.15, 0.2) is 60.7 Å². The van der Waals surface area contributed by atoms with Crippen molar-refractivity contribution >= 4 is 17.5 Å². The fraction of sp³-hybridized carbons (Fsp3) is 0.261. The predicted molar refractivity (Wildman–Crippen MR) is 117 cm³/mol. The molecule has 0 spiro atoms. The topological polar surface area (TPSA) is 84.6 Å². The fourth-order valence-corrected chi connectivity index (χ4v) is 3.42. The first-order valence-corrected chi connectivity index (χ1v) is 10.1. The second kappa shape index (κ2) is 8.82. The Labute approximate surface area is 176 Å². The third-order valence-corrected chi connectivity index (χ3v) is 5.23. The van der Waals surface area contributed by atoms with Gasteiger partial charge in [0.1, 0.15) is 17.3 Å². The van der Waals surface area contributed by atoms with Gasteiger partial charge in [-0.15, -0.1) is 10.2 Å². The monoisotopic (exact) mass is 403 g/mol. The number of benzene rings is 2. The fourth-order valence-electron chi connectivity index (χ4n) is 3.42. The molecule has 1 fully saturated rings. The molecular weight excluding hydrogens is 378 g/mol. The largest absolute Gasteiger partial charge is 0.457 e. The highest BCUT2D eigenvalue weighted by Crippen LogP contribution is 2.23. The summed E-state index contributed by atoms with van der Waals surface area (Å²) in [7, 11) is 0. The van der Waals surface area contributed by atoms with Crippen LogP contribution in [0.25, 0.3) is 0 Å². The smallest absolute Gasteiger partial charge is 0.253 e. The van der Waals surface area contributed by atoms with Gasteiger partial charge in [0.05, 0.1) is 0 Å². The van der Waals surface area contributed by atoms with Gasteiger partial charge in [-0.25, -0.2) is 0 Å². The molecule has 0 radical (unpaired) electrons. The number of piperazine rings is 1. The minimum Gasteiger partial charge on any atom is -0.457 e. The van der Waals surface area contributed by atoms with Crippen molar-refractivity contribution in [1.82, 2.24) is 15.1 Å². The van der Waals surface area contributed by atoms with E-state index in [1.54, 1.807) is 6.07 Å². The molecule has 2 heterocycles. The Kier molecular flexibility index (Phi) is 5.79. The van der Waals surface area contributed by atoms with Crippen molar-refractivity contribution < 1.29 is 9.53 Å². The number of ether oxygens (including phenoxy) is 1. The highest BCUT2D eigenvalue weighted by molar-refractivity contribution is 5.94. The molecule has 1 amide bonds. The van der Waals surface area contributed by atoms with E-state index < -0.39 is 0 Å². The third kappa shape index (κ3) is 4.51. The Morgan fingerprint density at radius 1 is 0.900 bits per heavy atom. The molecule has 2 aromatic carbocycles. The van der Waals surface area contributed by atoms with Crippen molar-refractivity contribution in [3.63, 3.8) is 0 Å². The summed E-state index contributed by atoms with van der Waals surface area (Å²) in [4.78, 5) is 16.8. The van der Waals surface area contributed by atoms with Gasteiger partial charge in [-0.1, -0.05) is 19.1 Å². The van der Waals surface area contributed by atoms with E-state index in [0.29, 0.717) is 43.3 Å². The average Bonchev–Trinajstić information content (AvgIpc) is 2.80. The number of carbonyl (C=O) groups is 1. The first-order valence-electron chi connectivity index (χ1n) is 10.1. The van der Waals surface area contributed by atoms with Crippen molar-refractivity contribution in [1.29, 1.82) is 0 Å². The molecule has 3 aromatic rings. The van der Waals surface area contributed by atoms with E-state index in [9.17, 15) is 4.79 Å². The zero-order valence-corrected chi connectivity index (χ0v) is 17.0. The SMILES string of the molecule is CCc1ccc(Oc2ccc(C(=O)N3CCN(c4ccc(N)nn4)CC3)cc2)cc1. The predicted octanol–water partition coefficient (Wildman–Crippen LogP) is 3.38. The molecule has 30 heavy (non-hydrogen) atoms. The number of rotatable bonds is 5. The lowest BCUT2D eigenvalue weighted by atomic mass is 10.1. The Bertz CT molecular complexity index is 980. The van der Waals surface area contributed by atoms with Crippen molar-refractivity contribution in [3.05, 3.63) is 71.8 Å². The van der Waals surface area contributed by atoms with Crippen LogP contribution in [-0.2, 0) is 6.42 Å². The van der Waals surface area contributed by atoms with E-state index in [4.69, 9.17) is 10.5 Å². The maximum absolute atomic E-state index is 12.8. The van der Waals surface area contributed by atoms with E-state index in [0.717, 1.165) is 18.0 Å². The maximum atomic E-state index is 12.8. The van der Waals surface area contributed by atoms with Crippen LogP contribution in [0.4, 0.5) is 11.6 Å². The summed E-state index contributed by atoms with van der Waals surface area (Å²) < 4.78 is 5.88. The molecular formula is C23H25N5O2. The van der Waals surface area contributed by atoms with E-state index in [1.165, 1.54) is 5.56 Å². The van der Waals surface area contributed by atoms with Crippen LogP contribution in [0, 0.1) is 0 Å². The number of aryl methyl sites for hydroxylation is 1. The summed E-state index contributed by atoms with van der Waals surface area (Å²) in [5, 5.41) is 8.01. The molecule has 0 bridgehead atoms. The van der Waals surface area contributed by atoms with Gasteiger partial charge in [-0.05, 0) is 60.5 Å². The molecule has 1 aliphatic heterocycles. The summed E-state index contributed by atoms with van der Waals surface area (Å²) >= 11 is 0. The summed E-state index contributed by atoms with van der Waals surface area (Å²) in [5.41, 5.74) is 7.52. The first-order chi connectivity index (χ1) is 14.6. The molecule has 0 unspecified atom stereocenters. The first kappa shape index (κ1) is 19.7. The molecule has 0 saturated carbocycles. The molecule has 2 N–H and O–H groups in total.